The van der Waals surface area contributed by atoms with Crippen molar-refractivity contribution in [2.45, 2.75) is 88.3 Å². The number of aliphatic hydroxyl groups is 1. The first-order valence-electron chi connectivity index (χ1n) is 13.2. The summed E-state index contributed by atoms with van der Waals surface area (Å²) in [5, 5.41) is 9.57. The third kappa shape index (κ3) is 4.53. The third-order valence-electron chi connectivity index (χ3n) is 8.00. The third-order valence-corrected chi connectivity index (χ3v) is 9.80. The Hall–Kier alpha value is -1.80. The molecule has 4 aliphatic heterocycles. The largest absolute Gasteiger partial charge is 0.465 e. The van der Waals surface area contributed by atoms with Crippen LogP contribution in [0.15, 0.2) is 24.3 Å². The molecule has 2 saturated heterocycles. The van der Waals surface area contributed by atoms with Gasteiger partial charge < -0.3 is 19.6 Å². The molecule has 0 radical (unpaired) electrons. The van der Waals surface area contributed by atoms with Gasteiger partial charge in [-0.15, -0.1) is 11.8 Å². The number of rotatable bonds is 5. The summed E-state index contributed by atoms with van der Waals surface area (Å²) in [4.78, 5) is 45.6. The maximum Gasteiger partial charge on any atom is 0.311 e. The number of cyclic esters (lactones) is 1. The number of hydrogen-bond donors (Lipinski definition) is 1. The van der Waals surface area contributed by atoms with Gasteiger partial charge in [0.1, 0.15) is 6.04 Å². The van der Waals surface area contributed by atoms with Crippen LogP contribution < -0.4 is 0 Å². The van der Waals surface area contributed by atoms with Gasteiger partial charge in [0.25, 0.3) is 0 Å². The van der Waals surface area contributed by atoms with Gasteiger partial charge in [-0.3, -0.25) is 14.4 Å². The molecule has 4 aliphatic rings. The van der Waals surface area contributed by atoms with Crippen molar-refractivity contribution in [3.8, 4) is 0 Å². The molecule has 1 unspecified atom stereocenters. The van der Waals surface area contributed by atoms with E-state index in [4.69, 9.17) is 4.74 Å². The Kier molecular flexibility index (Phi) is 7.19. The number of thioether (sulfide) groups is 1. The van der Waals surface area contributed by atoms with E-state index in [0.29, 0.717) is 19.6 Å². The molecule has 36 heavy (non-hydrogen) atoms. The second kappa shape index (κ2) is 9.50. The molecular formula is C28H42N2O5S. The topological polar surface area (TPSA) is 87.2 Å². The maximum atomic E-state index is 14.5. The lowest BCUT2D eigenvalue weighted by molar-refractivity contribution is -0.154. The van der Waals surface area contributed by atoms with Gasteiger partial charge in [-0.05, 0) is 51.9 Å². The summed E-state index contributed by atoms with van der Waals surface area (Å²) in [6.45, 7) is 13.7. The van der Waals surface area contributed by atoms with Gasteiger partial charge in [-0.1, -0.05) is 45.1 Å². The van der Waals surface area contributed by atoms with Gasteiger partial charge in [-0.25, -0.2) is 0 Å². The van der Waals surface area contributed by atoms with Crippen LogP contribution in [-0.2, 0) is 19.1 Å². The Bertz CT molecular complexity index is 969. The molecule has 1 spiro atoms. The lowest BCUT2D eigenvalue weighted by atomic mass is 9.74. The van der Waals surface area contributed by atoms with E-state index in [2.05, 4.69) is 46.8 Å². The highest BCUT2D eigenvalue weighted by Gasteiger charge is 2.74. The molecule has 0 aromatic carbocycles. The van der Waals surface area contributed by atoms with Crippen LogP contribution in [0, 0.1) is 17.3 Å². The van der Waals surface area contributed by atoms with E-state index >= 15 is 0 Å². The molecule has 2 amide bonds. The fourth-order valence-electron chi connectivity index (χ4n) is 7.05. The second-order valence-electron chi connectivity index (χ2n) is 12.7. The number of fused-ring (bicyclic) bond motifs is 2. The molecular weight excluding hydrogens is 476 g/mol. The van der Waals surface area contributed by atoms with E-state index in [1.165, 1.54) is 0 Å². The minimum absolute atomic E-state index is 0.0101. The van der Waals surface area contributed by atoms with Crippen molar-refractivity contribution < 1.29 is 24.2 Å². The van der Waals surface area contributed by atoms with E-state index in [9.17, 15) is 19.5 Å². The number of carbonyl (C=O) groups is 3. The van der Waals surface area contributed by atoms with Gasteiger partial charge in [-0.2, -0.15) is 0 Å². The summed E-state index contributed by atoms with van der Waals surface area (Å²) < 4.78 is 4.12. The molecule has 0 saturated carbocycles. The summed E-state index contributed by atoms with van der Waals surface area (Å²) in [6, 6.07) is -0.738. The highest BCUT2D eigenvalue weighted by molar-refractivity contribution is 8.02. The van der Waals surface area contributed by atoms with Crippen LogP contribution in [0.25, 0.3) is 0 Å². The zero-order chi connectivity index (χ0) is 26.5. The first-order chi connectivity index (χ1) is 16.8. The van der Waals surface area contributed by atoms with E-state index < -0.39 is 32.9 Å². The molecule has 4 rings (SSSR count). The number of amides is 2. The van der Waals surface area contributed by atoms with E-state index in [1.54, 1.807) is 16.7 Å². The lowest BCUT2D eigenvalue weighted by Crippen LogP contribution is -2.58. The smallest absolute Gasteiger partial charge is 0.311 e. The SMILES string of the molecule is CC(C)(C)CC(C)(C)N1CC=C[C@]23S[C@]4(C)/C=C\CCCOC(=O)[C@@H]4[C@H]2C(=O)N(CCCO)C3C1=O. The molecule has 0 bridgehead atoms. The quantitative estimate of drug-likeness (QED) is 0.442. The second-order valence-corrected chi connectivity index (χ2v) is 14.5. The van der Waals surface area contributed by atoms with Crippen molar-refractivity contribution in [2.75, 3.05) is 26.3 Å². The number of likely N-dealkylation sites (tertiary alicyclic amines) is 1. The van der Waals surface area contributed by atoms with Crippen LogP contribution in [0.1, 0.15) is 67.2 Å². The Morgan fingerprint density at radius 1 is 1.08 bits per heavy atom. The minimum Gasteiger partial charge on any atom is -0.465 e. The minimum atomic E-state index is -0.877. The summed E-state index contributed by atoms with van der Waals surface area (Å²) in [7, 11) is 0. The van der Waals surface area contributed by atoms with Crippen LogP contribution in [0.3, 0.4) is 0 Å². The van der Waals surface area contributed by atoms with Crippen molar-refractivity contribution in [1.82, 2.24) is 9.80 Å². The van der Waals surface area contributed by atoms with Crippen LogP contribution in [0.5, 0.6) is 0 Å². The molecule has 5 atom stereocenters. The first kappa shape index (κ1) is 27.2. The Morgan fingerprint density at radius 2 is 1.81 bits per heavy atom. The monoisotopic (exact) mass is 518 g/mol. The summed E-state index contributed by atoms with van der Waals surface area (Å²) in [5.74, 6) is -2.00. The van der Waals surface area contributed by atoms with Crippen molar-refractivity contribution in [1.29, 1.82) is 0 Å². The molecule has 8 heteroatoms. The number of aliphatic hydroxyl groups excluding tert-OH is 1. The number of allylic oxidation sites excluding steroid dienone is 1. The van der Waals surface area contributed by atoms with Crippen molar-refractivity contribution in [3.05, 3.63) is 24.3 Å². The Morgan fingerprint density at radius 3 is 2.47 bits per heavy atom. The Labute approximate surface area is 219 Å². The van der Waals surface area contributed by atoms with Gasteiger partial charge >= 0.3 is 5.97 Å². The summed E-state index contributed by atoms with van der Waals surface area (Å²) >= 11 is 1.57. The summed E-state index contributed by atoms with van der Waals surface area (Å²) in [5.41, 5.74) is -0.420. The molecule has 4 heterocycles. The van der Waals surface area contributed by atoms with Crippen molar-refractivity contribution in [3.63, 3.8) is 0 Å². The average Bonchev–Trinajstić information content (AvgIpc) is 3.09. The van der Waals surface area contributed by atoms with Gasteiger partial charge in [0.05, 0.1) is 23.2 Å². The molecule has 7 nitrogen and oxygen atoms in total. The number of carbonyl (C=O) groups excluding carboxylic acids is 3. The van der Waals surface area contributed by atoms with Gasteiger partial charge in [0.15, 0.2) is 0 Å². The van der Waals surface area contributed by atoms with Crippen LogP contribution in [0.2, 0.25) is 0 Å². The maximum absolute atomic E-state index is 14.5. The predicted octanol–water partition coefficient (Wildman–Crippen LogP) is 3.56. The first-order valence-corrected chi connectivity index (χ1v) is 14.0. The fourth-order valence-corrected chi connectivity index (χ4v) is 9.21. The molecule has 1 N–H and O–H groups in total. The van der Waals surface area contributed by atoms with Crippen molar-refractivity contribution >= 4 is 29.5 Å². The normalized spacial score (nSPS) is 35.9. The number of nitrogens with zero attached hydrogens (tertiary/aromatic N) is 2. The van der Waals surface area contributed by atoms with Crippen molar-refractivity contribution in [2.24, 2.45) is 17.3 Å². The van der Waals surface area contributed by atoms with E-state index in [-0.39, 0.29) is 36.4 Å². The molecule has 200 valence electrons. The van der Waals surface area contributed by atoms with Crippen LogP contribution in [0.4, 0.5) is 0 Å². The fraction of sp³-hybridized carbons (Fsp3) is 0.750. The molecule has 2 fully saturated rings. The average molecular weight is 519 g/mol. The zero-order valence-corrected chi connectivity index (χ0v) is 23.4. The highest BCUT2D eigenvalue weighted by atomic mass is 32.2. The number of esters is 1. The Balaban J connectivity index is 1.83. The summed E-state index contributed by atoms with van der Waals surface area (Å²) in [6.07, 6.45) is 11.0. The zero-order valence-electron chi connectivity index (χ0n) is 22.6. The highest BCUT2D eigenvalue weighted by Crippen LogP contribution is 2.65. The molecule has 0 aliphatic carbocycles. The molecule has 0 aromatic rings. The van der Waals surface area contributed by atoms with Crippen LogP contribution >= 0.6 is 11.8 Å². The number of ether oxygens (including phenoxy) is 1. The van der Waals surface area contributed by atoms with Gasteiger partial charge in [0, 0.05) is 30.0 Å². The molecule has 0 aromatic heterocycles. The lowest BCUT2D eigenvalue weighted by Gasteiger charge is -2.44. The van der Waals surface area contributed by atoms with E-state index in [0.717, 1.165) is 19.3 Å². The number of hydrogen-bond acceptors (Lipinski definition) is 6. The van der Waals surface area contributed by atoms with Crippen LogP contribution in [-0.4, -0.2) is 80.1 Å². The predicted molar refractivity (Wildman–Crippen MR) is 141 cm³/mol. The standard InChI is InChI=1S/C28H42N2O5S/c1-25(2,3)18-26(4,5)30-15-10-13-28-19(22(32)29(14-11-16-31)21(28)23(30)33)20-24(34)35-17-9-7-8-12-27(20,6)36-28/h8,10,12-13,19-21,31H,7,9,11,14-18H2,1-6H3/b12-8-/t19-,20-,21?,27+,28-/m0/s1. The van der Waals surface area contributed by atoms with E-state index in [1.807, 2.05) is 24.0 Å². The van der Waals surface area contributed by atoms with Gasteiger partial charge in [0.2, 0.25) is 11.8 Å².